The predicted molar refractivity (Wildman–Crippen MR) is 82.3 cm³/mol. The average molecular weight is 372 g/mol. The first-order chi connectivity index (χ1) is 10.5. The second kappa shape index (κ2) is 5.77. The molecule has 3 heterocycles. The molecule has 0 aliphatic carbocycles. The molecule has 0 unspecified atom stereocenters. The first-order valence-electron chi connectivity index (χ1n) is 6.60. The number of hydrogen-bond donors (Lipinski definition) is 2. The van der Waals surface area contributed by atoms with Crippen molar-refractivity contribution >= 4 is 38.0 Å². The molecule has 1 aromatic carbocycles. The molecule has 1 fully saturated rings. The van der Waals surface area contributed by atoms with E-state index in [2.05, 4.69) is 31.2 Å². The minimum Gasteiger partial charge on any atom is -0.449 e. The highest BCUT2D eigenvalue weighted by molar-refractivity contribution is 9.10. The number of halogens is 3. The van der Waals surface area contributed by atoms with Crippen molar-refractivity contribution in [3.8, 4) is 0 Å². The van der Waals surface area contributed by atoms with Crippen LogP contribution in [0.2, 0.25) is 0 Å². The Hall–Kier alpha value is -1.80. The van der Waals surface area contributed by atoms with Gasteiger partial charge in [0.25, 0.3) is 11.5 Å². The molecular formula is C14H12BrF2N3O2. The van der Waals surface area contributed by atoms with Gasteiger partial charge in [-0.3, -0.25) is 4.79 Å². The Morgan fingerprint density at radius 3 is 2.82 bits per heavy atom. The third kappa shape index (κ3) is 3.02. The van der Waals surface area contributed by atoms with Crippen LogP contribution < -0.4 is 10.9 Å². The summed E-state index contributed by atoms with van der Waals surface area (Å²) in [4.78, 5) is 18.0. The zero-order chi connectivity index (χ0) is 15.7. The summed E-state index contributed by atoms with van der Waals surface area (Å²) in [7, 11) is 0. The van der Waals surface area contributed by atoms with Crippen molar-refractivity contribution in [2.24, 2.45) is 0 Å². The van der Waals surface area contributed by atoms with Crippen molar-refractivity contribution in [3.05, 3.63) is 39.4 Å². The third-order valence-corrected chi connectivity index (χ3v) is 3.76. The molecule has 2 N–H and O–H groups in total. The number of nitrogens with zero attached hydrogens (tertiary/aromatic N) is 1. The Morgan fingerprint density at radius 2 is 2.18 bits per heavy atom. The van der Waals surface area contributed by atoms with E-state index < -0.39 is 5.92 Å². The molecule has 116 valence electrons. The monoisotopic (exact) mass is 371 g/mol. The lowest BCUT2D eigenvalue weighted by molar-refractivity contribution is 0.0238. The molecule has 0 saturated carbocycles. The van der Waals surface area contributed by atoms with Crippen molar-refractivity contribution in [1.82, 2.24) is 15.3 Å². The fourth-order valence-electron chi connectivity index (χ4n) is 2.19. The van der Waals surface area contributed by atoms with Gasteiger partial charge in [0.15, 0.2) is 0 Å². The Kier molecular flexibility index (Phi) is 3.96. The molecule has 2 aromatic heterocycles. The van der Waals surface area contributed by atoms with Crippen LogP contribution in [0.25, 0.3) is 22.1 Å². The summed E-state index contributed by atoms with van der Waals surface area (Å²) in [5, 5.41) is 3.40. The van der Waals surface area contributed by atoms with Crippen molar-refractivity contribution in [2.45, 2.75) is 12.3 Å². The fourth-order valence-corrected chi connectivity index (χ4v) is 2.55. The number of alkyl halides is 2. The Labute approximate surface area is 131 Å². The summed E-state index contributed by atoms with van der Waals surface area (Å²) in [5.41, 5.74) is 1.27. The summed E-state index contributed by atoms with van der Waals surface area (Å²) < 4.78 is 30.1. The first kappa shape index (κ1) is 15.1. The number of aromatic nitrogens is 2. The van der Waals surface area contributed by atoms with Crippen LogP contribution in [0, 0.1) is 0 Å². The fraction of sp³-hybridized carbons (Fsp3) is 0.286. The van der Waals surface area contributed by atoms with E-state index >= 15 is 0 Å². The normalized spacial score (nSPS) is 16.7. The van der Waals surface area contributed by atoms with Gasteiger partial charge in [0.05, 0.1) is 12.9 Å². The van der Waals surface area contributed by atoms with Gasteiger partial charge in [-0.1, -0.05) is 15.9 Å². The van der Waals surface area contributed by atoms with E-state index in [1.165, 1.54) is 6.33 Å². The number of nitrogens with one attached hydrogen (secondary N) is 2. The molecule has 1 aliphatic rings. The molecule has 22 heavy (non-hydrogen) atoms. The van der Waals surface area contributed by atoms with E-state index in [1.807, 2.05) is 12.1 Å². The van der Waals surface area contributed by atoms with Crippen LogP contribution in [0.1, 0.15) is 6.42 Å². The predicted octanol–water partition coefficient (Wildman–Crippen LogP) is 3.05. The Bertz CT molecular complexity index is 867. The van der Waals surface area contributed by atoms with Crippen LogP contribution in [-0.2, 0) is 0 Å². The summed E-state index contributed by atoms with van der Waals surface area (Å²) in [6.07, 6.45) is 1.38. The molecule has 5 nitrogen and oxygen atoms in total. The minimum atomic E-state index is -2.42. The number of rotatable bonds is 0. The molecule has 0 bridgehead atoms. The van der Waals surface area contributed by atoms with E-state index in [4.69, 9.17) is 4.42 Å². The van der Waals surface area contributed by atoms with E-state index in [-0.39, 0.29) is 24.1 Å². The second-order valence-electron chi connectivity index (χ2n) is 4.93. The molecule has 4 rings (SSSR count). The van der Waals surface area contributed by atoms with Gasteiger partial charge in [-0.25, -0.2) is 13.8 Å². The van der Waals surface area contributed by atoms with Gasteiger partial charge in [0.1, 0.15) is 11.1 Å². The Morgan fingerprint density at radius 1 is 1.36 bits per heavy atom. The number of hydrogen-bond acceptors (Lipinski definition) is 4. The first-order valence-corrected chi connectivity index (χ1v) is 7.40. The maximum atomic E-state index is 11.9. The third-order valence-electron chi connectivity index (χ3n) is 3.27. The van der Waals surface area contributed by atoms with Crippen LogP contribution in [-0.4, -0.2) is 29.0 Å². The van der Waals surface area contributed by atoms with Crippen molar-refractivity contribution in [1.29, 1.82) is 0 Å². The van der Waals surface area contributed by atoms with Crippen molar-refractivity contribution < 1.29 is 13.2 Å². The summed E-state index contributed by atoms with van der Waals surface area (Å²) in [6.45, 7) is 0.333. The van der Waals surface area contributed by atoms with Gasteiger partial charge in [0.2, 0.25) is 5.58 Å². The molecule has 0 amide bonds. The number of fused-ring (bicyclic) bond motifs is 3. The topological polar surface area (TPSA) is 70.9 Å². The lowest BCUT2D eigenvalue weighted by Gasteiger charge is -2.02. The van der Waals surface area contributed by atoms with E-state index in [0.717, 1.165) is 9.86 Å². The molecular weight excluding hydrogens is 360 g/mol. The van der Waals surface area contributed by atoms with E-state index in [0.29, 0.717) is 17.6 Å². The minimum absolute atomic E-state index is 0.00694. The van der Waals surface area contributed by atoms with Crippen LogP contribution in [0.15, 0.2) is 38.2 Å². The zero-order valence-corrected chi connectivity index (χ0v) is 12.9. The molecule has 0 atom stereocenters. The smallest absolute Gasteiger partial charge is 0.294 e. The quantitative estimate of drug-likeness (QED) is 0.637. The number of H-pyrrole nitrogens is 1. The molecule has 1 saturated heterocycles. The lowest BCUT2D eigenvalue weighted by atomic mass is 10.2. The summed E-state index contributed by atoms with van der Waals surface area (Å²) >= 11 is 3.37. The number of aromatic amines is 1. The van der Waals surface area contributed by atoms with Crippen LogP contribution in [0.3, 0.4) is 0 Å². The van der Waals surface area contributed by atoms with Gasteiger partial charge in [-0.15, -0.1) is 0 Å². The van der Waals surface area contributed by atoms with E-state index in [1.54, 1.807) is 6.07 Å². The highest BCUT2D eigenvalue weighted by Gasteiger charge is 2.32. The second-order valence-corrected chi connectivity index (χ2v) is 5.85. The molecule has 3 aromatic rings. The number of benzene rings is 1. The van der Waals surface area contributed by atoms with E-state index in [9.17, 15) is 13.6 Å². The number of furan rings is 1. The Balaban J connectivity index is 0.000000174. The van der Waals surface area contributed by atoms with Crippen molar-refractivity contribution in [3.63, 3.8) is 0 Å². The van der Waals surface area contributed by atoms with Gasteiger partial charge < -0.3 is 14.7 Å². The molecule has 8 heteroatoms. The van der Waals surface area contributed by atoms with Crippen LogP contribution in [0.5, 0.6) is 0 Å². The maximum Gasteiger partial charge on any atom is 0.294 e. The largest absolute Gasteiger partial charge is 0.449 e. The van der Waals surface area contributed by atoms with Crippen molar-refractivity contribution in [2.75, 3.05) is 13.1 Å². The summed E-state index contributed by atoms with van der Waals surface area (Å²) in [5.74, 6) is -2.42. The van der Waals surface area contributed by atoms with Crippen LogP contribution >= 0.6 is 15.9 Å². The highest BCUT2D eigenvalue weighted by atomic mass is 79.9. The molecule has 0 radical (unpaired) electrons. The molecule has 1 aliphatic heterocycles. The summed E-state index contributed by atoms with van der Waals surface area (Å²) in [6, 6.07) is 5.55. The highest BCUT2D eigenvalue weighted by Crippen LogP contribution is 2.27. The van der Waals surface area contributed by atoms with Gasteiger partial charge in [0, 0.05) is 22.8 Å². The zero-order valence-electron chi connectivity index (χ0n) is 11.3. The van der Waals surface area contributed by atoms with Gasteiger partial charge in [-0.05, 0) is 18.2 Å². The van der Waals surface area contributed by atoms with Gasteiger partial charge in [-0.2, -0.15) is 0 Å². The lowest BCUT2D eigenvalue weighted by Crippen LogP contribution is -2.18. The van der Waals surface area contributed by atoms with Crippen LogP contribution in [0.4, 0.5) is 8.78 Å². The average Bonchev–Trinajstić information content (AvgIpc) is 3.04. The SMILES string of the molecule is FC1(F)CCNC1.O=c1[nH]cnc2c1oc1ccc(Br)cc12. The maximum absolute atomic E-state index is 11.9. The standard InChI is InChI=1S/C10H5BrN2O2.C4H7F2N/c11-5-1-2-7-6(3-5)8-9(15-7)10(14)13-4-12-8;5-4(6)1-2-7-3-4/h1-4H,(H,12,13,14);7H,1-3H2. The van der Waals surface area contributed by atoms with Gasteiger partial charge >= 0.3 is 0 Å². The molecule has 0 spiro atoms.